The molecular weight excluding hydrogens is 396 g/mol. The lowest BCUT2D eigenvalue weighted by Crippen LogP contribution is -2.48. The Morgan fingerprint density at radius 2 is 1.59 bits per heavy atom. The highest BCUT2D eigenvalue weighted by atomic mass is 16.1. The highest BCUT2D eigenvalue weighted by Gasteiger charge is 2.41. The van der Waals surface area contributed by atoms with E-state index in [2.05, 4.69) is 15.5 Å². The second-order valence-electron chi connectivity index (χ2n) is 10.0. The van der Waals surface area contributed by atoms with Gasteiger partial charge in [0.05, 0.1) is 11.4 Å². The fraction of sp³-hybridized carbons (Fsp3) is 0.519. The molecule has 2 aromatic rings. The average molecular weight is 433 g/mol. The third kappa shape index (κ3) is 4.78. The van der Waals surface area contributed by atoms with Crippen LogP contribution in [0.2, 0.25) is 0 Å². The molecule has 2 unspecified atom stereocenters. The molecule has 2 saturated heterocycles. The van der Waals surface area contributed by atoms with Gasteiger partial charge in [-0.2, -0.15) is 0 Å². The van der Waals surface area contributed by atoms with Gasteiger partial charge in [0.25, 0.3) is 5.91 Å². The van der Waals surface area contributed by atoms with Gasteiger partial charge in [-0.3, -0.25) is 9.69 Å². The maximum atomic E-state index is 12.6. The maximum absolute atomic E-state index is 12.6. The van der Waals surface area contributed by atoms with E-state index in [1.54, 1.807) is 6.07 Å². The van der Waals surface area contributed by atoms with Crippen molar-refractivity contribution in [1.82, 2.24) is 4.90 Å². The molecule has 0 spiro atoms. The Bertz CT molecular complexity index is 908. The molecule has 32 heavy (non-hydrogen) atoms. The number of hydrogen-bond acceptors (Lipinski definition) is 4. The summed E-state index contributed by atoms with van der Waals surface area (Å²) in [5.74, 6) is 0.796. The van der Waals surface area contributed by atoms with Crippen LogP contribution in [0.4, 0.5) is 17.1 Å². The predicted molar refractivity (Wildman–Crippen MR) is 132 cm³/mol. The number of piperidine rings is 1. The molecule has 170 valence electrons. The van der Waals surface area contributed by atoms with Gasteiger partial charge in [0.2, 0.25) is 0 Å². The molecule has 1 amide bonds. The number of carbonyl (C=O) groups excluding carboxylic acids is 1. The molecule has 5 nitrogen and oxygen atoms in total. The van der Waals surface area contributed by atoms with Crippen LogP contribution < -0.4 is 16.4 Å². The Morgan fingerprint density at radius 3 is 2.28 bits per heavy atom. The molecule has 1 saturated carbocycles. The van der Waals surface area contributed by atoms with E-state index in [0.717, 1.165) is 23.7 Å². The molecule has 5 heteroatoms. The lowest BCUT2D eigenvalue weighted by molar-refractivity contribution is 0.100. The van der Waals surface area contributed by atoms with Crippen LogP contribution in [0.3, 0.4) is 0 Å². The summed E-state index contributed by atoms with van der Waals surface area (Å²) in [4.78, 5) is 15.4. The van der Waals surface area contributed by atoms with Crippen molar-refractivity contribution in [2.75, 3.05) is 22.9 Å². The van der Waals surface area contributed by atoms with E-state index in [4.69, 9.17) is 5.73 Å². The zero-order chi connectivity index (χ0) is 21.9. The maximum Gasteiger partial charge on any atom is 0.255 e. The number of nitrogens with one attached hydrogen (secondary N) is 2. The summed E-state index contributed by atoms with van der Waals surface area (Å²) in [6.07, 6.45) is 12.4. The zero-order valence-electron chi connectivity index (χ0n) is 18.9. The minimum absolute atomic E-state index is 0.136. The Kier molecular flexibility index (Phi) is 6.35. The minimum atomic E-state index is -0.136. The van der Waals surface area contributed by atoms with E-state index >= 15 is 0 Å². The Balaban J connectivity index is 1.15. The van der Waals surface area contributed by atoms with Crippen LogP contribution in [-0.2, 0) is 0 Å². The van der Waals surface area contributed by atoms with Gasteiger partial charge in [-0.05, 0) is 80.8 Å². The van der Waals surface area contributed by atoms with E-state index in [-0.39, 0.29) is 5.91 Å². The number of nitrogens with two attached hydrogens (primary N) is 1. The SMILES string of the molecule is Nc1ccccc1NC(=O)c1ccc(NC2CC3CCC(C2)N3CC2CCCCC2)cc1. The quantitative estimate of drug-likeness (QED) is 0.527. The van der Waals surface area contributed by atoms with Crippen molar-refractivity contribution in [1.29, 1.82) is 0 Å². The summed E-state index contributed by atoms with van der Waals surface area (Å²) < 4.78 is 0. The second-order valence-corrected chi connectivity index (χ2v) is 10.0. The van der Waals surface area contributed by atoms with Crippen molar-refractivity contribution in [3.8, 4) is 0 Å². The van der Waals surface area contributed by atoms with Crippen LogP contribution in [0.5, 0.6) is 0 Å². The number of fused-ring (bicyclic) bond motifs is 2. The molecule has 1 aliphatic carbocycles. The topological polar surface area (TPSA) is 70.4 Å². The van der Waals surface area contributed by atoms with Gasteiger partial charge in [-0.25, -0.2) is 0 Å². The van der Waals surface area contributed by atoms with Crippen molar-refractivity contribution in [2.24, 2.45) is 5.92 Å². The molecule has 2 aliphatic heterocycles. The summed E-state index contributed by atoms with van der Waals surface area (Å²) in [5.41, 5.74) is 8.90. The normalized spacial score (nSPS) is 26.1. The lowest BCUT2D eigenvalue weighted by Gasteiger charge is -2.41. The first kappa shape index (κ1) is 21.3. The molecule has 0 radical (unpaired) electrons. The molecule has 2 atom stereocenters. The first-order chi connectivity index (χ1) is 15.7. The van der Waals surface area contributed by atoms with Crippen LogP contribution in [0, 0.1) is 5.92 Å². The number of hydrogen-bond donors (Lipinski definition) is 3. The molecular formula is C27H36N4O. The van der Waals surface area contributed by atoms with E-state index < -0.39 is 0 Å². The molecule has 3 fully saturated rings. The van der Waals surface area contributed by atoms with Gasteiger partial charge in [-0.15, -0.1) is 0 Å². The minimum Gasteiger partial charge on any atom is -0.397 e. The Labute approximate surface area is 191 Å². The van der Waals surface area contributed by atoms with Crippen molar-refractivity contribution >= 4 is 23.0 Å². The van der Waals surface area contributed by atoms with Gasteiger partial charge < -0.3 is 16.4 Å². The monoisotopic (exact) mass is 432 g/mol. The van der Waals surface area contributed by atoms with Crippen molar-refractivity contribution in [2.45, 2.75) is 75.9 Å². The third-order valence-electron chi connectivity index (χ3n) is 7.80. The van der Waals surface area contributed by atoms with Crippen molar-refractivity contribution < 1.29 is 4.79 Å². The van der Waals surface area contributed by atoms with Crippen LogP contribution in [0.1, 0.15) is 68.1 Å². The van der Waals surface area contributed by atoms with E-state index in [1.807, 2.05) is 42.5 Å². The first-order valence-corrected chi connectivity index (χ1v) is 12.4. The second kappa shape index (κ2) is 9.53. The summed E-state index contributed by atoms with van der Waals surface area (Å²) in [6.45, 7) is 1.33. The number of nitrogen functional groups attached to an aromatic ring is 1. The standard InChI is InChI=1S/C27H36N4O/c28-25-8-4-5-9-26(25)30-27(32)20-10-12-21(13-11-20)29-22-16-23-14-15-24(17-22)31(23)18-19-6-2-1-3-7-19/h4-5,8-13,19,22-24,29H,1-3,6-7,14-18,28H2,(H,30,32). The molecule has 0 aromatic heterocycles. The van der Waals surface area contributed by atoms with E-state index in [1.165, 1.54) is 64.3 Å². The van der Waals surface area contributed by atoms with E-state index in [0.29, 0.717) is 23.0 Å². The average Bonchev–Trinajstić information content (AvgIpc) is 3.04. The number of anilines is 3. The zero-order valence-corrected chi connectivity index (χ0v) is 18.9. The summed E-state index contributed by atoms with van der Waals surface area (Å²) in [5, 5.41) is 6.65. The molecule has 5 rings (SSSR count). The smallest absolute Gasteiger partial charge is 0.255 e. The molecule has 2 heterocycles. The molecule has 3 aliphatic rings. The summed E-state index contributed by atoms with van der Waals surface area (Å²) >= 11 is 0. The number of carbonyl (C=O) groups is 1. The molecule has 4 N–H and O–H groups in total. The molecule has 2 aromatic carbocycles. The van der Waals surface area contributed by atoms with Crippen LogP contribution in [0.15, 0.2) is 48.5 Å². The lowest BCUT2D eigenvalue weighted by atomic mass is 9.87. The summed E-state index contributed by atoms with van der Waals surface area (Å²) in [6, 6.07) is 17.2. The van der Waals surface area contributed by atoms with Crippen LogP contribution >= 0.6 is 0 Å². The van der Waals surface area contributed by atoms with Gasteiger partial charge in [0, 0.05) is 35.9 Å². The van der Waals surface area contributed by atoms with E-state index in [9.17, 15) is 4.79 Å². The third-order valence-corrected chi connectivity index (χ3v) is 7.80. The molecule has 2 bridgehead atoms. The fourth-order valence-electron chi connectivity index (χ4n) is 6.12. The van der Waals surface area contributed by atoms with Gasteiger partial charge in [-0.1, -0.05) is 31.4 Å². The van der Waals surface area contributed by atoms with Gasteiger partial charge >= 0.3 is 0 Å². The van der Waals surface area contributed by atoms with Crippen molar-refractivity contribution in [3.05, 3.63) is 54.1 Å². The number of benzene rings is 2. The van der Waals surface area contributed by atoms with Crippen LogP contribution in [-0.4, -0.2) is 35.5 Å². The Hall–Kier alpha value is -2.53. The fourth-order valence-corrected chi connectivity index (χ4v) is 6.12. The highest BCUT2D eigenvalue weighted by molar-refractivity contribution is 6.05. The Morgan fingerprint density at radius 1 is 0.906 bits per heavy atom. The number of para-hydroxylation sites is 2. The van der Waals surface area contributed by atoms with Gasteiger partial charge in [0.1, 0.15) is 0 Å². The number of nitrogens with zero attached hydrogens (tertiary/aromatic N) is 1. The number of amides is 1. The van der Waals surface area contributed by atoms with Crippen LogP contribution in [0.25, 0.3) is 0 Å². The van der Waals surface area contributed by atoms with Crippen molar-refractivity contribution in [3.63, 3.8) is 0 Å². The highest BCUT2D eigenvalue weighted by Crippen LogP contribution is 2.38. The first-order valence-electron chi connectivity index (χ1n) is 12.4. The summed E-state index contributed by atoms with van der Waals surface area (Å²) in [7, 11) is 0. The predicted octanol–water partition coefficient (Wildman–Crippen LogP) is 5.51. The largest absolute Gasteiger partial charge is 0.397 e. The van der Waals surface area contributed by atoms with Gasteiger partial charge in [0.15, 0.2) is 0 Å². The number of rotatable bonds is 6.